The summed E-state index contributed by atoms with van der Waals surface area (Å²) in [7, 11) is 0. The van der Waals surface area contributed by atoms with E-state index in [0.717, 1.165) is 5.56 Å². The van der Waals surface area contributed by atoms with Gasteiger partial charge < -0.3 is 5.11 Å². The molecule has 0 bridgehead atoms. The fourth-order valence-electron chi connectivity index (χ4n) is 1.09. The predicted molar refractivity (Wildman–Crippen MR) is 54.7 cm³/mol. The van der Waals surface area contributed by atoms with Gasteiger partial charge in [0.25, 0.3) is 0 Å². The summed E-state index contributed by atoms with van der Waals surface area (Å²) in [5.74, 6) is 4.89. The van der Waals surface area contributed by atoms with Crippen LogP contribution in [-0.2, 0) is 0 Å². The van der Waals surface area contributed by atoms with Crippen LogP contribution < -0.4 is 0 Å². The van der Waals surface area contributed by atoms with Crippen LogP contribution in [-0.4, -0.2) is 17.4 Å². The molecule has 1 unspecified atom stereocenters. The molecule has 0 heterocycles. The second-order valence-corrected chi connectivity index (χ2v) is 3.43. The van der Waals surface area contributed by atoms with Gasteiger partial charge >= 0.3 is 6.18 Å². The van der Waals surface area contributed by atoms with Crippen LogP contribution in [0.15, 0.2) is 24.3 Å². The Morgan fingerprint density at radius 3 is 2.62 bits per heavy atom. The van der Waals surface area contributed by atoms with E-state index >= 15 is 0 Å². The van der Waals surface area contributed by atoms with Gasteiger partial charge in [0.05, 0.1) is 0 Å². The maximum atomic E-state index is 11.9. The third-order valence-electron chi connectivity index (χ3n) is 1.92. The summed E-state index contributed by atoms with van der Waals surface area (Å²) in [5.41, 5.74) is 1.64. The van der Waals surface area contributed by atoms with Gasteiger partial charge in [0, 0.05) is 12.0 Å². The fourth-order valence-corrected chi connectivity index (χ4v) is 1.09. The molecule has 1 aromatic carbocycles. The number of aryl methyl sites for hydroxylation is 1. The van der Waals surface area contributed by atoms with Crippen molar-refractivity contribution in [2.75, 3.05) is 0 Å². The minimum atomic E-state index is -4.60. The SMILES string of the molecule is Cc1cccc(C#CCC(O)C(F)(F)F)c1. The Bertz CT molecular complexity index is 412. The lowest BCUT2D eigenvalue weighted by molar-refractivity contribution is -0.201. The van der Waals surface area contributed by atoms with Gasteiger partial charge in [-0.1, -0.05) is 24.0 Å². The van der Waals surface area contributed by atoms with E-state index < -0.39 is 18.7 Å². The van der Waals surface area contributed by atoms with Gasteiger partial charge in [-0.25, -0.2) is 0 Å². The highest BCUT2D eigenvalue weighted by Crippen LogP contribution is 2.21. The van der Waals surface area contributed by atoms with Crippen LogP contribution in [0.4, 0.5) is 13.2 Å². The van der Waals surface area contributed by atoms with Crippen molar-refractivity contribution < 1.29 is 18.3 Å². The van der Waals surface area contributed by atoms with Crippen LogP contribution in [0.25, 0.3) is 0 Å². The van der Waals surface area contributed by atoms with Gasteiger partial charge in [-0.05, 0) is 24.6 Å². The smallest absolute Gasteiger partial charge is 0.383 e. The van der Waals surface area contributed by atoms with Crippen molar-refractivity contribution in [1.29, 1.82) is 0 Å². The van der Waals surface area contributed by atoms with Gasteiger partial charge in [-0.2, -0.15) is 13.2 Å². The molecule has 0 aliphatic rings. The van der Waals surface area contributed by atoms with Gasteiger partial charge in [-0.3, -0.25) is 0 Å². The molecule has 1 rings (SSSR count). The first-order valence-electron chi connectivity index (χ1n) is 4.70. The molecule has 86 valence electrons. The molecule has 1 aromatic rings. The number of hydrogen-bond donors (Lipinski definition) is 1. The minimum Gasteiger partial charge on any atom is -0.383 e. The van der Waals surface area contributed by atoms with Gasteiger partial charge in [0.1, 0.15) is 0 Å². The first kappa shape index (κ1) is 12.6. The first-order valence-corrected chi connectivity index (χ1v) is 4.70. The van der Waals surface area contributed by atoms with Gasteiger partial charge in [0.2, 0.25) is 0 Å². The van der Waals surface area contributed by atoms with Crippen molar-refractivity contribution in [2.45, 2.75) is 25.6 Å². The molecule has 0 aliphatic carbocycles. The summed E-state index contributed by atoms with van der Waals surface area (Å²) >= 11 is 0. The normalized spacial score (nSPS) is 12.8. The molecule has 0 aromatic heterocycles. The van der Waals surface area contributed by atoms with Crippen molar-refractivity contribution in [3.05, 3.63) is 35.4 Å². The van der Waals surface area contributed by atoms with E-state index in [2.05, 4.69) is 11.8 Å². The van der Waals surface area contributed by atoms with E-state index in [-0.39, 0.29) is 0 Å². The van der Waals surface area contributed by atoms with Gasteiger partial charge in [0.15, 0.2) is 6.10 Å². The molecule has 0 amide bonds. The van der Waals surface area contributed by atoms with Crippen LogP contribution in [0, 0.1) is 18.8 Å². The lowest BCUT2D eigenvalue weighted by Gasteiger charge is -2.10. The summed E-state index contributed by atoms with van der Waals surface area (Å²) in [6, 6.07) is 7.13. The van der Waals surface area contributed by atoms with Crippen LogP contribution in [0.2, 0.25) is 0 Å². The maximum absolute atomic E-state index is 11.9. The number of alkyl halides is 3. The van der Waals surface area contributed by atoms with Crippen molar-refractivity contribution in [1.82, 2.24) is 0 Å². The van der Waals surface area contributed by atoms with E-state index in [1.165, 1.54) is 0 Å². The molecular weight excluding hydrogens is 217 g/mol. The lowest BCUT2D eigenvalue weighted by Crippen LogP contribution is -2.27. The summed E-state index contributed by atoms with van der Waals surface area (Å²) in [6.07, 6.45) is -7.57. The second-order valence-electron chi connectivity index (χ2n) is 3.43. The van der Waals surface area contributed by atoms with E-state index in [0.29, 0.717) is 5.56 Å². The summed E-state index contributed by atoms with van der Waals surface area (Å²) in [4.78, 5) is 0. The number of hydrogen-bond acceptors (Lipinski definition) is 1. The number of rotatable bonds is 1. The first-order chi connectivity index (χ1) is 7.39. The molecule has 0 saturated carbocycles. The fraction of sp³-hybridized carbons (Fsp3) is 0.333. The zero-order valence-corrected chi connectivity index (χ0v) is 8.67. The van der Waals surface area contributed by atoms with Crippen molar-refractivity contribution in [3.63, 3.8) is 0 Å². The standard InChI is InChI=1S/C12H11F3O/c1-9-4-2-5-10(8-9)6-3-7-11(16)12(13,14)15/h2,4-5,8,11,16H,7H2,1H3. The summed E-state index contributed by atoms with van der Waals surface area (Å²) in [5, 5.41) is 8.69. The van der Waals surface area contributed by atoms with Crippen LogP contribution >= 0.6 is 0 Å². The molecule has 1 nitrogen and oxygen atoms in total. The largest absolute Gasteiger partial charge is 0.415 e. The highest BCUT2D eigenvalue weighted by molar-refractivity contribution is 5.36. The maximum Gasteiger partial charge on any atom is 0.415 e. The summed E-state index contributed by atoms with van der Waals surface area (Å²) in [6.45, 7) is 1.87. The van der Waals surface area contributed by atoms with Crippen LogP contribution in [0.3, 0.4) is 0 Å². The lowest BCUT2D eigenvalue weighted by atomic mass is 10.1. The third kappa shape index (κ3) is 3.95. The average Bonchev–Trinajstić information content (AvgIpc) is 2.16. The number of halogens is 3. The zero-order valence-electron chi connectivity index (χ0n) is 8.67. The highest BCUT2D eigenvalue weighted by Gasteiger charge is 2.37. The molecule has 0 radical (unpaired) electrons. The van der Waals surface area contributed by atoms with E-state index in [1.54, 1.807) is 18.2 Å². The monoisotopic (exact) mass is 228 g/mol. The third-order valence-corrected chi connectivity index (χ3v) is 1.92. The average molecular weight is 228 g/mol. The molecule has 0 saturated heterocycles. The molecule has 16 heavy (non-hydrogen) atoms. The second kappa shape index (κ2) is 5.04. The van der Waals surface area contributed by atoms with E-state index in [4.69, 9.17) is 5.11 Å². The number of aliphatic hydroxyl groups is 1. The quantitative estimate of drug-likeness (QED) is 0.733. The Hall–Kier alpha value is -1.47. The Labute approximate surface area is 91.9 Å². The Morgan fingerprint density at radius 2 is 2.06 bits per heavy atom. The topological polar surface area (TPSA) is 20.2 Å². The molecule has 0 spiro atoms. The Kier molecular flexibility index (Phi) is 3.97. The zero-order chi connectivity index (χ0) is 12.2. The van der Waals surface area contributed by atoms with E-state index in [1.807, 2.05) is 13.0 Å². The predicted octanol–water partition coefficient (Wildman–Crippen LogP) is 2.66. The summed E-state index contributed by atoms with van der Waals surface area (Å²) < 4.78 is 35.8. The van der Waals surface area contributed by atoms with E-state index in [9.17, 15) is 13.2 Å². The van der Waals surface area contributed by atoms with Gasteiger partial charge in [-0.15, -0.1) is 0 Å². The van der Waals surface area contributed by atoms with Crippen molar-refractivity contribution in [3.8, 4) is 11.8 Å². The van der Waals surface area contributed by atoms with Crippen LogP contribution in [0.1, 0.15) is 17.5 Å². The molecule has 1 atom stereocenters. The van der Waals surface area contributed by atoms with Crippen LogP contribution in [0.5, 0.6) is 0 Å². The molecule has 4 heteroatoms. The number of aliphatic hydroxyl groups excluding tert-OH is 1. The molecular formula is C12H11F3O. The molecule has 0 aliphatic heterocycles. The van der Waals surface area contributed by atoms with Crippen molar-refractivity contribution >= 4 is 0 Å². The molecule has 0 fully saturated rings. The Morgan fingerprint density at radius 1 is 1.38 bits per heavy atom. The minimum absolute atomic E-state index is 0.600. The highest BCUT2D eigenvalue weighted by atomic mass is 19.4. The Balaban J connectivity index is 2.63. The van der Waals surface area contributed by atoms with Crippen molar-refractivity contribution in [2.24, 2.45) is 0 Å². The number of benzene rings is 1. The molecule has 1 N–H and O–H groups in total.